The number of benzene rings is 1. The normalized spacial score (nSPS) is 15.5. The molecule has 3 nitrogen and oxygen atoms in total. The average molecular weight is 285 g/mol. The maximum absolute atomic E-state index is 5.85. The summed E-state index contributed by atoms with van der Waals surface area (Å²) in [6, 6.07) is 10.7. The zero-order chi connectivity index (χ0) is 14.5. The molecule has 0 fully saturated rings. The molecule has 112 valence electrons. The van der Waals surface area contributed by atoms with Gasteiger partial charge in [-0.2, -0.15) is 0 Å². The summed E-state index contributed by atoms with van der Waals surface area (Å²) >= 11 is 0. The van der Waals surface area contributed by atoms with Gasteiger partial charge in [0.15, 0.2) is 0 Å². The van der Waals surface area contributed by atoms with Crippen molar-refractivity contribution in [2.75, 3.05) is 13.2 Å². The van der Waals surface area contributed by atoms with Crippen LogP contribution in [0.15, 0.2) is 41.0 Å². The van der Waals surface area contributed by atoms with Gasteiger partial charge in [-0.3, -0.25) is 0 Å². The molecule has 1 unspecified atom stereocenters. The molecule has 3 heteroatoms. The molecule has 1 atom stereocenters. The maximum Gasteiger partial charge on any atom is 0.120 e. The first-order valence-electron chi connectivity index (χ1n) is 7.84. The Morgan fingerprint density at radius 2 is 2.05 bits per heavy atom. The van der Waals surface area contributed by atoms with Crippen molar-refractivity contribution in [2.45, 2.75) is 38.6 Å². The summed E-state index contributed by atoms with van der Waals surface area (Å²) < 4.78 is 11.2. The van der Waals surface area contributed by atoms with Crippen LogP contribution >= 0.6 is 0 Å². The fourth-order valence-electron chi connectivity index (χ4n) is 2.88. The van der Waals surface area contributed by atoms with Crippen LogP contribution in [0.4, 0.5) is 0 Å². The Hall–Kier alpha value is -1.74. The van der Waals surface area contributed by atoms with Gasteiger partial charge >= 0.3 is 0 Å². The molecule has 0 aliphatic heterocycles. The number of aryl methyl sites for hydroxylation is 2. The maximum atomic E-state index is 5.85. The second kappa shape index (κ2) is 6.81. The van der Waals surface area contributed by atoms with Crippen LogP contribution < -0.4 is 10.1 Å². The fourth-order valence-corrected chi connectivity index (χ4v) is 2.88. The highest BCUT2D eigenvalue weighted by atomic mass is 16.5. The standard InChI is InChI=1S/C18H23NO2/c1-14(18-7-4-11-21-18)19-10-12-20-17-9-8-15-5-2-3-6-16(15)13-17/h4,7-9,11,13-14,19H,2-3,5-6,10,12H2,1H3. The molecule has 1 aromatic heterocycles. The van der Waals surface area contributed by atoms with E-state index in [0.717, 1.165) is 18.1 Å². The minimum Gasteiger partial charge on any atom is -0.492 e. The van der Waals surface area contributed by atoms with Crippen molar-refractivity contribution in [3.8, 4) is 5.75 Å². The number of fused-ring (bicyclic) bond motifs is 1. The van der Waals surface area contributed by atoms with Gasteiger partial charge in [-0.15, -0.1) is 0 Å². The van der Waals surface area contributed by atoms with Gasteiger partial charge in [0.05, 0.1) is 12.3 Å². The molecular weight excluding hydrogens is 262 g/mol. The van der Waals surface area contributed by atoms with Gasteiger partial charge in [-0.05, 0) is 68.0 Å². The van der Waals surface area contributed by atoms with E-state index in [9.17, 15) is 0 Å². The molecule has 3 rings (SSSR count). The number of rotatable bonds is 6. The van der Waals surface area contributed by atoms with Crippen LogP contribution in [0.3, 0.4) is 0 Å². The summed E-state index contributed by atoms with van der Waals surface area (Å²) in [5, 5.41) is 3.40. The van der Waals surface area contributed by atoms with Crippen molar-refractivity contribution in [1.29, 1.82) is 0 Å². The third-order valence-electron chi connectivity index (χ3n) is 4.11. The topological polar surface area (TPSA) is 34.4 Å². The van der Waals surface area contributed by atoms with Crippen LogP contribution in [0, 0.1) is 0 Å². The molecule has 0 saturated carbocycles. The molecule has 1 aliphatic carbocycles. The summed E-state index contributed by atoms with van der Waals surface area (Å²) in [6.07, 6.45) is 6.75. The molecule has 1 N–H and O–H groups in total. The van der Waals surface area contributed by atoms with Crippen molar-refractivity contribution >= 4 is 0 Å². The number of hydrogen-bond donors (Lipinski definition) is 1. The lowest BCUT2D eigenvalue weighted by Crippen LogP contribution is -2.24. The lowest BCUT2D eigenvalue weighted by molar-refractivity contribution is 0.301. The SMILES string of the molecule is CC(NCCOc1ccc2c(c1)CCCC2)c1ccco1. The van der Waals surface area contributed by atoms with Gasteiger partial charge in [-0.25, -0.2) is 0 Å². The molecule has 1 heterocycles. The van der Waals surface area contributed by atoms with Crippen LogP contribution in [0.5, 0.6) is 5.75 Å². The van der Waals surface area contributed by atoms with Gasteiger partial charge < -0.3 is 14.5 Å². The Balaban J connectivity index is 1.45. The molecular formula is C18H23NO2. The van der Waals surface area contributed by atoms with E-state index < -0.39 is 0 Å². The lowest BCUT2D eigenvalue weighted by Gasteiger charge is -2.17. The van der Waals surface area contributed by atoms with Crippen molar-refractivity contribution in [3.63, 3.8) is 0 Å². The average Bonchev–Trinajstić information content (AvgIpc) is 3.06. The third kappa shape index (κ3) is 3.67. The first-order chi connectivity index (χ1) is 10.3. The minimum absolute atomic E-state index is 0.215. The van der Waals surface area contributed by atoms with Crippen LogP contribution in [0.25, 0.3) is 0 Å². The Morgan fingerprint density at radius 1 is 1.19 bits per heavy atom. The second-order valence-corrected chi connectivity index (χ2v) is 5.68. The number of hydrogen-bond acceptors (Lipinski definition) is 3. The summed E-state index contributed by atoms with van der Waals surface area (Å²) in [7, 11) is 0. The zero-order valence-electron chi connectivity index (χ0n) is 12.6. The van der Waals surface area contributed by atoms with Gasteiger partial charge in [0.25, 0.3) is 0 Å². The van der Waals surface area contributed by atoms with E-state index in [4.69, 9.17) is 9.15 Å². The molecule has 0 amide bonds. The molecule has 1 aromatic carbocycles. The summed E-state index contributed by atoms with van der Waals surface area (Å²) in [4.78, 5) is 0. The van der Waals surface area contributed by atoms with Gasteiger partial charge in [0.1, 0.15) is 18.1 Å². The van der Waals surface area contributed by atoms with E-state index >= 15 is 0 Å². The highest BCUT2D eigenvalue weighted by molar-refractivity contribution is 5.37. The fraction of sp³-hybridized carbons (Fsp3) is 0.444. The van der Waals surface area contributed by atoms with E-state index in [0.29, 0.717) is 6.61 Å². The minimum atomic E-state index is 0.215. The zero-order valence-corrected chi connectivity index (χ0v) is 12.6. The van der Waals surface area contributed by atoms with Crippen LogP contribution in [-0.2, 0) is 12.8 Å². The van der Waals surface area contributed by atoms with E-state index in [2.05, 4.69) is 30.4 Å². The molecule has 21 heavy (non-hydrogen) atoms. The number of ether oxygens (including phenoxy) is 1. The van der Waals surface area contributed by atoms with E-state index in [1.807, 2.05) is 12.1 Å². The highest BCUT2D eigenvalue weighted by Crippen LogP contribution is 2.25. The number of furan rings is 1. The summed E-state index contributed by atoms with van der Waals surface area (Å²) in [6.45, 7) is 3.57. The first-order valence-corrected chi connectivity index (χ1v) is 7.84. The van der Waals surface area contributed by atoms with Crippen molar-refractivity contribution in [2.24, 2.45) is 0 Å². The molecule has 2 aromatic rings. The van der Waals surface area contributed by atoms with Gasteiger partial charge in [0, 0.05) is 6.54 Å². The van der Waals surface area contributed by atoms with Crippen LogP contribution in [0.1, 0.15) is 42.7 Å². The predicted octanol–water partition coefficient (Wildman–Crippen LogP) is 3.89. The van der Waals surface area contributed by atoms with Crippen molar-refractivity contribution < 1.29 is 9.15 Å². The third-order valence-corrected chi connectivity index (χ3v) is 4.11. The van der Waals surface area contributed by atoms with Gasteiger partial charge in [-0.1, -0.05) is 6.07 Å². The second-order valence-electron chi connectivity index (χ2n) is 5.68. The number of nitrogens with one attached hydrogen (secondary N) is 1. The molecule has 0 radical (unpaired) electrons. The monoisotopic (exact) mass is 285 g/mol. The van der Waals surface area contributed by atoms with Crippen molar-refractivity contribution in [3.05, 3.63) is 53.5 Å². The Bertz CT molecular complexity index is 563. The molecule has 0 spiro atoms. The Kier molecular flexibility index (Phi) is 4.61. The molecule has 0 bridgehead atoms. The lowest BCUT2D eigenvalue weighted by atomic mass is 9.92. The first kappa shape index (κ1) is 14.2. The predicted molar refractivity (Wildman–Crippen MR) is 83.7 cm³/mol. The Labute approximate surface area is 126 Å². The molecule has 0 saturated heterocycles. The highest BCUT2D eigenvalue weighted by Gasteiger charge is 2.10. The molecule has 1 aliphatic rings. The van der Waals surface area contributed by atoms with Gasteiger partial charge in [0.2, 0.25) is 0 Å². The van der Waals surface area contributed by atoms with E-state index in [-0.39, 0.29) is 6.04 Å². The summed E-state index contributed by atoms with van der Waals surface area (Å²) in [5.41, 5.74) is 2.97. The summed E-state index contributed by atoms with van der Waals surface area (Å²) in [5.74, 6) is 1.95. The van der Waals surface area contributed by atoms with Crippen molar-refractivity contribution in [1.82, 2.24) is 5.32 Å². The smallest absolute Gasteiger partial charge is 0.120 e. The quantitative estimate of drug-likeness (QED) is 0.818. The van der Waals surface area contributed by atoms with E-state index in [1.54, 1.807) is 6.26 Å². The largest absolute Gasteiger partial charge is 0.492 e. The van der Waals surface area contributed by atoms with Crippen LogP contribution in [-0.4, -0.2) is 13.2 Å². The Morgan fingerprint density at radius 3 is 2.86 bits per heavy atom. The van der Waals surface area contributed by atoms with Crippen LogP contribution in [0.2, 0.25) is 0 Å². The van der Waals surface area contributed by atoms with E-state index in [1.165, 1.54) is 36.8 Å².